The molecule has 4 aromatic rings. The minimum atomic E-state index is -0.267. The van der Waals surface area contributed by atoms with Gasteiger partial charge in [-0.2, -0.15) is 0 Å². The van der Waals surface area contributed by atoms with E-state index in [4.69, 9.17) is 9.15 Å². The molecule has 0 spiro atoms. The van der Waals surface area contributed by atoms with E-state index in [1.54, 1.807) is 13.4 Å². The van der Waals surface area contributed by atoms with Crippen LogP contribution >= 0.6 is 11.3 Å². The van der Waals surface area contributed by atoms with Gasteiger partial charge in [-0.1, -0.05) is 41.7 Å². The fraction of sp³-hybridized carbons (Fsp3) is 0.136. The second-order valence-corrected chi connectivity index (χ2v) is 7.69. The monoisotopic (exact) mass is 405 g/mol. The third kappa shape index (κ3) is 3.90. The van der Waals surface area contributed by atoms with Crippen molar-refractivity contribution in [1.29, 1.82) is 0 Å². The maximum absolute atomic E-state index is 12.4. The molecule has 0 saturated heterocycles. The summed E-state index contributed by atoms with van der Waals surface area (Å²) in [5.74, 6) is 0.371. The third-order valence-electron chi connectivity index (χ3n) is 4.51. The fourth-order valence-corrected chi connectivity index (χ4v) is 3.73. The fourth-order valence-electron chi connectivity index (χ4n) is 3.14. The van der Waals surface area contributed by atoms with Crippen molar-refractivity contribution in [1.82, 2.24) is 10.2 Å². The number of anilines is 1. The first-order chi connectivity index (χ1) is 14.0. The molecular weight excluding hydrogens is 386 g/mol. The maximum atomic E-state index is 12.4. The molecule has 2 aromatic heterocycles. The molecule has 2 heterocycles. The zero-order valence-electron chi connectivity index (χ0n) is 16.2. The van der Waals surface area contributed by atoms with Gasteiger partial charge >= 0.3 is 0 Å². The van der Waals surface area contributed by atoms with Gasteiger partial charge in [0.1, 0.15) is 16.3 Å². The second kappa shape index (κ2) is 7.89. The van der Waals surface area contributed by atoms with Gasteiger partial charge in [-0.05, 0) is 31.1 Å². The van der Waals surface area contributed by atoms with Gasteiger partial charge in [-0.15, -0.1) is 10.2 Å². The molecule has 146 valence electrons. The average molecular weight is 405 g/mol. The molecule has 0 aliphatic carbocycles. The minimum Gasteiger partial charge on any atom is -0.496 e. The van der Waals surface area contributed by atoms with Crippen LogP contribution in [0.2, 0.25) is 0 Å². The van der Waals surface area contributed by atoms with Crippen LogP contribution in [0.25, 0.3) is 27.7 Å². The van der Waals surface area contributed by atoms with E-state index < -0.39 is 0 Å². The summed E-state index contributed by atoms with van der Waals surface area (Å²) >= 11 is 1.33. The van der Waals surface area contributed by atoms with Crippen LogP contribution < -0.4 is 10.1 Å². The van der Waals surface area contributed by atoms with Crippen molar-refractivity contribution >= 4 is 38.9 Å². The van der Waals surface area contributed by atoms with Crippen LogP contribution in [0.1, 0.15) is 17.5 Å². The van der Waals surface area contributed by atoms with Crippen LogP contribution in [0.4, 0.5) is 5.13 Å². The lowest BCUT2D eigenvalue weighted by Gasteiger charge is -2.10. The van der Waals surface area contributed by atoms with Crippen molar-refractivity contribution in [2.75, 3.05) is 12.4 Å². The molecule has 0 aliphatic heterocycles. The zero-order chi connectivity index (χ0) is 20.4. The molecule has 0 fully saturated rings. The summed E-state index contributed by atoms with van der Waals surface area (Å²) in [6, 6.07) is 13.9. The molecule has 4 rings (SSSR count). The quantitative estimate of drug-likeness (QED) is 0.455. The molecule has 0 atom stereocenters. The van der Waals surface area contributed by atoms with E-state index in [2.05, 4.69) is 15.5 Å². The first kappa shape index (κ1) is 18.9. The second-order valence-electron chi connectivity index (χ2n) is 6.51. The van der Waals surface area contributed by atoms with Gasteiger partial charge in [-0.3, -0.25) is 10.1 Å². The van der Waals surface area contributed by atoms with Gasteiger partial charge in [0.05, 0.1) is 13.4 Å². The van der Waals surface area contributed by atoms with Crippen LogP contribution in [0.5, 0.6) is 5.75 Å². The van der Waals surface area contributed by atoms with Crippen molar-refractivity contribution in [2.45, 2.75) is 13.8 Å². The molecule has 0 saturated carbocycles. The van der Waals surface area contributed by atoms with Crippen molar-refractivity contribution in [2.24, 2.45) is 0 Å². The topological polar surface area (TPSA) is 77.2 Å². The van der Waals surface area contributed by atoms with E-state index in [-0.39, 0.29) is 5.91 Å². The Hall–Kier alpha value is -3.45. The number of allylic oxidation sites excluding steroid dienone is 1. The molecule has 2 aromatic carbocycles. The third-order valence-corrected chi connectivity index (χ3v) is 5.26. The van der Waals surface area contributed by atoms with Crippen LogP contribution in [-0.2, 0) is 4.79 Å². The number of hydrogen-bond donors (Lipinski definition) is 1. The van der Waals surface area contributed by atoms with Crippen LogP contribution in [-0.4, -0.2) is 23.2 Å². The van der Waals surface area contributed by atoms with Gasteiger partial charge in [-0.25, -0.2) is 0 Å². The van der Waals surface area contributed by atoms with Crippen molar-refractivity contribution in [3.8, 4) is 16.9 Å². The molecule has 6 nitrogen and oxygen atoms in total. The highest BCUT2D eigenvalue weighted by atomic mass is 32.1. The predicted octanol–water partition coefficient (Wildman–Crippen LogP) is 5.31. The predicted molar refractivity (Wildman–Crippen MR) is 115 cm³/mol. The molecule has 0 bridgehead atoms. The largest absolute Gasteiger partial charge is 0.496 e. The summed E-state index contributed by atoms with van der Waals surface area (Å²) in [4.78, 5) is 12.4. The van der Waals surface area contributed by atoms with E-state index in [1.807, 2.05) is 56.3 Å². The van der Waals surface area contributed by atoms with Crippen LogP contribution in [0, 0.1) is 6.92 Å². The number of hydrogen-bond acceptors (Lipinski definition) is 6. The lowest BCUT2D eigenvalue weighted by atomic mass is 9.99. The highest BCUT2D eigenvalue weighted by molar-refractivity contribution is 7.15. The number of ether oxygens (including phenoxy) is 1. The first-order valence-electron chi connectivity index (χ1n) is 8.99. The van der Waals surface area contributed by atoms with Crippen molar-refractivity contribution in [3.05, 3.63) is 65.4 Å². The van der Waals surface area contributed by atoms with Gasteiger partial charge in [0.25, 0.3) is 0 Å². The smallest absolute Gasteiger partial charge is 0.250 e. The lowest BCUT2D eigenvalue weighted by molar-refractivity contribution is -0.111. The number of nitrogens with one attached hydrogen (secondary N) is 1. The Bertz CT molecular complexity index is 1210. The van der Waals surface area contributed by atoms with Gasteiger partial charge < -0.3 is 9.15 Å². The number of aromatic nitrogens is 2. The summed E-state index contributed by atoms with van der Waals surface area (Å²) in [6.07, 6.45) is 3.27. The average Bonchev–Trinajstić information content (AvgIpc) is 3.32. The summed E-state index contributed by atoms with van der Waals surface area (Å²) in [5, 5.41) is 12.8. The standard InChI is InChI=1S/C22H19N3O3S/c1-13(9-21(26)23-22-25-24-14(2)29-22)16-10-17-18(15-7-5-4-6-8-15)12-28-20(17)11-19(16)27-3/h4-12H,1-3H3,(H,23,25,26)/b13-9+. The Kier molecular flexibility index (Phi) is 5.14. The minimum absolute atomic E-state index is 0.267. The molecule has 1 N–H and O–H groups in total. The molecular formula is C22H19N3O3S. The van der Waals surface area contributed by atoms with Crippen molar-refractivity contribution < 1.29 is 13.9 Å². The summed E-state index contributed by atoms with van der Waals surface area (Å²) in [5.41, 5.74) is 4.37. The zero-order valence-corrected chi connectivity index (χ0v) is 17.0. The van der Waals surface area contributed by atoms with E-state index in [1.165, 1.54) is 17.4 Å². The Balaban J connectivity index is 1.72. The summed E-state index contributed by atoms with van der Waals surface area (Å²) in [6.45, 7) is 3.71. The number of carbonyl (C=O) groups excluding carboxylic acids is 1. The Morgan fingerprint density at radius 2 is 2.00 bits per heavy atom. The lowest BCUT2D eigenvalue weighted by Crippen LogP contribution is -2.08. The number of furan rings is 1. The Morgan fingerprint density at radius 1 is 1.21 bits per heavy atom. The Morgan fingerprint density at radius 3 is 2.69 bits per heavy atom. The maximum Gasteiger partial charge on any atom is 0.250 e. The molecule has 1 amide bonds. The molecule has 7 heteroatoms. The number of methoxy groups -OCH3 is 1. The van der Waals surface area contributed by atoms with Crippen molar-refractivity contribution in [3.63, 3.8) is 0 Å². The van der Waals surface area contributed by atoms with E-state index in [9.17, 15) is 4.79 Å². The highest BCUT2D eigenvalue weighted by Crippen LogP contribution is 2.37. The van der Waals surface area contributed by atoms with E-state index in [0.717, 1.165) is 38.2 Å². The number of aryl methyl sites for hydroxylation is 1. The number of rotatable bonds is 5. The van der Waals surface area contributed by atoms with Crippen LogP contribution in [0.15, 0.2) is 59.2 Å². The number of benzene rings is 2. The number of carbonyl (C=O) groups is 1. The molecule has 29 heavy (non-hydrogen) atoms. The van der Waals surface area contributed by atoms with Crippen LogP contribution in [0.3, 0.4) is 0 Å². The molecule has 0 aliphatic rings. The van der Waals surface area contributed by atoms with Gasteiger partial charge in [0.15, 0.2) is 0 Å². The normalized spacial score (nSPS) is 11.6. The number of nitrogens with zero attached hydrogens (tertiary/aromatic N) is 2. The first-order valence-corrected chi connectivity index (χ1v) is 9.81. The highest BCUT2D eigenvalue weighted by Gasteiger charge is 2.15. The molecule has 0 radical (unpaired) electrons. The van der Waals surface area contributed by atoms with Gasteiger partial charge in [0.2, 0.25) is 11.0 Å². The number of fused-ring (bicyclic) bond motifs is 1. The summed E-state index contributed by atoms with van der Waals surface area (Å²) < 4.78 is 11.3. The Labute approximate surface area is 171 Å². The SMILES string of the molecule is COc1cc2occ(-c3ccccc3)c2cc1/C(C)=C/C(=O)Nc1nnc(C)s1. The molecule has 0 unspecified atom stereocenters. The number of amides is 1. The van der Waals surface area contributed by atoms with E-state index in [0.29, 0.717) is 10.9 Å². The van der Waals surface area contributed by atoms with Gasteiger partial charge in [0, 0.05) is 28.7 Å². The summed E-state index contributed by atoms with van der Waals surface area (Å²) in [7, 11) is 1.60. The van der Waals surface area contributed by atoms with E-state index >= 15 is 0 Å².